The van der Waals surface area contributed by atoms with E-state index in [-0.39, 0.29) is 28.6 Å². The summed E-state index contributed by atoms with van der Waals surface area (Å²) in [5.41, 5.74) is 6.48. The number of aromatic carboxylic acids is 1. The number of fused-ring (bicyclic) bond motifs is 1. The Labute approximate surface area is 197 Å². The Bertz CT molecular complexity index is 1230. The van der Waals surface area contributed by atoms with E-state index in [9.17, 15) is 19.5 Å². The molecular weight excluding hydrogens is 475 g/mol. The predicted molar refractivity (Wildman–Crippen MR) is 122 cm³/mol. The number of rotatable bonds is 9. The van der Waals surface area contributed by atoms with E-state index in [2.05, 4.69) is 0 Å². The van der Waals surface area contributed by atoms with Crippen molar-refractivity contribution < 1.29 is 34.2 Å². The van der Waals surface area contributed by atoms with Crippen LogP contribution in [0, 0.1) is 0 Å². The largest absolute Gasteiger partial charge is 0.483 e. The Balaban J connectivity index is 1.93. The number of nitrogens with zero attached hydrogens (tertiary/aromatic N) is 1. The average molecular weight is 493 g/mol. The first-order valence-corrected chi connectivity index (χ1v) is 10.2. The van der Waals surface area contributed by atoms with Crippen LogP contribution in [0.5, 0.6) is 5.75 Å². The van der Waals surface area contributed by atoms with E-state index in [1.807, 2.05) is 0 Å². The highest BCUT2D eigenvalue weighted by atomic mass is 35.5. The first-order chi connectivity index (χ1) is 15.7. The molecule has 0 fully saturated rings. The van der Waals surface area contributed by atoms with Gasteiger partial charge in [0.25, 0.3) is 5.91 Å². The molecule has 0 atom stereocenters. The molecule has 3 aromatic rings. The Morgan fingerprint density at radius 3 is 2.42 bits per heavy atom. The number of hydrogen-bond acceptors (Lipinski definition) is 6. The summed E-state index contributed by atoms with van der Waals surface area (Å²) in [5, 5.41) is 20.4. The molecule has 3 aromatic carbocycles. The second-order valence-corrected chi connectivity index (χ2v) is 7.63. The zero-order valence-corrected chi connectivity index (χ0v) is 18.5. The van der Waals surface area contributed by atoms with Gasteiger partial charge in [-0.15, -0.1) is 0 Å². The zero-order valence-electron chi connectivity index (χ0n) is 17.0. The molecule has 1 amide bonds. The fourth-order valence-electron chi connectivity index (χ4n) is 3.05. The van der Waals surface area contributed by atoms with Crippen LogP contribution in [-0.2, 0) is 21.0 Å². The van der Waals surface area contributed by atoms with Crippen molar-refractivity contribution in [1.82, 2.24) is 0 Å². The number of nitrogens with two attached hydrogens (primary N) is 1. The molecule has 9 nitrogen and oxygen atoms in total. The minimum absolute atomic E-state index is 0.0359. The van der Waals surface area contributed by atoms with Crippen molar-refractivity contribution >= 4 is 57.5 Å². The smallest absolute Gasteiger partial charge is 0.335 e. The number of hydrogen-bond donors (Lipinski definition) is 3. The number of carboxylic acids is 2. The molecular formula is C22H18Cl2N2O7. The normalized spacial score (nSPS) is 10.8. The lowest BCUT2D eigenvalue weighted by atomic mass is 10.1. The summed E-state index contributed by atoms with van der Waals surface area (Å²) in [4.78, 5) is 40.6. The number of aliphatic carboxylic acids is 1. The molecule has 0 aromatic heterocycles. The van der Waals surface area contributed by atoms with Crippen molar-refractivity contribution in [2.75, 3.05) is 18.3 Å². The third kappa shape index (κ3) is 5.91. The first-order valence-electron chi connectivity index (χ1n) is 9.45. The fourth-order valence-corrected chi connectivity index (χ4v) is 3.65. The lowest BCUT2D eigenvalue weighted by Crippen LogP contribution is -2.36. The summed E-state index contributed by atoms with van der Waals surface area (Å²) in [5.74, 6) is -3.21. The van der Waals surface area contributed by atoms with E-state index in [0.717, 1.165) is 5.06 Å². The minimum atomic E-state index is -1.28. The molecule has 3 rings (SSSR count). The van der Waals surface area contributed by atoms with Crippen molar-refractivity contribution in [2.24, 2.45) is 5.73 Å². The van der Waals surface area contributed by atoms with E-state index in [4.69, 9.17) is 43.6 Å². The number of amides is 1. The highest BCUT2D eigenvalue weighted by Gasteiger charge is 2.21. The van der Waals surface area contributed by atoms with Gasteiger partial charge in [-0.25, -0.2) is 9.59 Å². The molecule has 0 saturated carbocycles. The standard InChI is InChI=1S/C22H18Cl2N2O7/c23-15-6-13-5-14(22(30)31)7-18(21(13)17(24)8-15)32-10-19(27)26(33-11-20(28)29)16-3-1-2-12(4-16)9-25/h1-8H,9-11,25H2,(H,28,29)(H,30,31). The summed E-state index contributed by atoms with van der Waals surface area (Å²) in [6.45, 7) is -1.19. The topological polar surface area (TPSA) is 139 Å². The van der Waals surface area contributed by atoms with Gasteiger partial charge in [0, 0.05) is 17.0 Å². The average Bonchev–Trinajstić information content (AvgIpc) is 2.76. The Kier molecular flexibility index (Phi) is 7.72. The molecule has 11 heteroatoms. The van der Waals surface area contributed by atoms with Crippen LogP contribution >= 0.6 is 23.2 Å². The molecule has 0 radical (unpaired) electrons. The molecule has 0 aliphatic carbocycles. The number of ether oxygens (including phenoxy) is 1. The fraction of sp³-hybridized carbons (Fsp3) is 0.136. The molecule has 0 aliphatic rings. The maximum atomic E-state index is 12.9. The third-order valence-corrected chi connectivity index (χ3v) is 4.97. The van der Waals surface area contributed by atoms with E-state index < -0.39 is 31.1 Å². The molecule has 0 spiro atoms. The second kappa shape index (κ2) is 10.5. The van der Waals surface area contributed by atoms with Crippen LogP contribution in [0.3, 0.4) is 0 Å². The highest BCUT2D eigenvalue weighted by molar-refractivity contribution is 6.39. The molecule has 0 saturated heterocycles. The van der Waals surface area contributed by atoms with Crippen LogP contribution in [0.25, 0.3) is 10.8 Å². The Hall–Kier alpha value is -3.37. The molecule has 0 bridgehead atoms. The quantitative estimate of drug-likeness (QED) is 0.383. The molecule has 33 heavy (non-hydrogen) atoms. The van der Waals surface area contributed by atoms with E-state index in [1.54, 1.807) is 18.2 Å². The first kappa shape index (κ1) is 24.3. The summed E-state index contributed by atoms with van der Waals surface area (Å²) in [6.07, 6.45) is 0. The number of carboxylic acid groups (broad SMARTS) is 2. The third-order valence-electron chi connectivity index (χ3n) is 4.45. The van der Waals surface area contributed by atoms with Crippen LogP contribution in [-0.4, -0.2) is 41.3 Å². The van der Waals surface area contributed by atoms with Crippen molar-refractivity contribution in [1.29, 1.82) is 0 Å². The maximum Gasteiger partial charge on any atom is 0.335 e. The number of halogens is 2. The SMILES string of the molecule is NCc1cccc(N(OCC(=O)O)C(=O)COc2cc(C(=O)O)cc3cc(Cl)cc(Cl)c23)c1. The van der Waals surface area contributed by atoms with Crippen LogP contribution in [0.2, 0.25) is 10.0 Å². The number of carbonyl (C=O) groups excluding carboxylic acids is 1. The van der Waals surface area contributed by atoms with Crippen LogP contribution in [0.4, 0.5) is 5.69 Å². The number of carbonyl (C=O) groups is 3. The van der Waals surface area contributed by atoms with Crippen molar-refractivity contribution in [3.05, 3.63) is 69.7 Å². The van der Waals surface area contributed by atoms with Crippen LogP contribution in [0.1, 0.15) is 15.9 Å². The number of anilines is 1. The van der Waals surface area contributed by atoms with Gasteiger partial charge < -0.3 is 20.7 Å². The summed E-state index contributed by atoms with van der Waals surface area (Å²) in [6, 6.07) is 12.1. The van der Waals surface area contributed by atoms with Crippen molar-refractivity contribution in [2.45, 2.75) is 6.54 Å². The molecule has 172 valence electrons. The van der Waals surface area contributed by atoms with E-state index >= 15 is 0 Å². The van der Waals surface area contributed by atoms with Crippen molar-refractivity contribution in [3.63, 3.8) is 0 Å². The predicted octanol–water partition coefficient (Wildman–Crippen LogP) is 3.73. The summed E-state index contributed by atoms with van der Waals surface area (Å²) < 4.78 is 5.62. The van der Waals surface area contributed by atoms with Crippen molar-refractivity contribution in [3.8, 4) is 5.75 Å². The van der Waals surface area contributed by atoms with Gasteiger partial charge in [-0.05, 0) is 47.3 Å². The van der Waals surface area contributed by atoms with Gasteiger partial charge in [0.15, 0.2) is 13.2 Å². The second-order valence-electron chi connectivity index (χ2n) is 6.78. The molecule has 4 N–H and O–H groups in total. The molecule has 0 unspecified atom stereocenters. The van der Waals surface area contributed by atoms with Gasteiger partial charge >= 0.3 is 11.9 Å². The summed E-state index contributed by atoms with van der Waals surface area (Å²) >= 11 is 12.3. The lowest BCUT2D eigenvalue weighted by molar-refractivity contribution is -0.145. The van der Waals surface area contributed by atoms with E-state index in [0.29, 0.717) is 21.4 Å². The van der Waals surface area contributed by atoms with Gasteiger partial charge in [0.2, 0.25) is 0 Å². The van der Waals surface area contributed by atoms with Gasteiger partial charge in [-0.3, -0.25) is 9.63 Å². The van der Waals surface area contributed by atoms with E-state index in [1.165, 1.54) is 30.3 Å². The summed E-state index contributed by atoms with van der Waals surface area (Å²) in [7, 11) is 0. The van der Waals surface area contributed by atoms with Gasteiger partial charge in [-0.2, -0.15) is 5.06 Å². The highest BCUT2D eigenvalue weighted by Crippen LogP contribution is 2.36. The van der Waals surface area contributed by atoms with Gasteiger partial charge in [0.1, 0.15) is 5.75 Å². The number of benzene rings is 3. The van der Waals surface area contributed by atoms with Gasteiger partial charge in [-0.1, -0.05) is 35.3 Å². The molecule has 0 heterocycles. The minimum Gasteiger partial charge on any atom is -0.483 e. The maximum absolute atomic E-state index is 12.9. The number of hydroxylamine groups is 1. The van der Waals surface area contributed by atoms with Crippen LogP contribution in [0.15, 0.2) is 48.5 Å². The zero-order chi connectivity index (χ0) is 24.1. The lowest BCUT2D eigenvalue weighted by Gasteiger charge is -2.22. The van der Waals surface area contributed by atoms with Gasteiger partial charge in [0.05, 0.1) is 16.3 Å². The molecule has 0 aliphatic heterocycles. The van der Waals surface area contributed by atoms with Crippen LogP contribution < -0.4 is 15.5 Å². The Morgan fingerprint density at radius 2 is 1.76 bits per heavy atom. The Morgan fingerprint density at radius 1 is 1.00 bits per heavy atom. The monoisotopic (exact) mass is 492 g/mol.